The van der Waals surface area contributed by atoms with E-state index in [4.69, 9.17) is 0 Å². The highest BCUT2D eigenvalue weighted by Gasteiger charge is 2.37. The van der Waals surface area contributed by atoms with Gasteiger partial charge in [0.15, 0.2) is 9.84 Å². The molecule has 2 aliphatic heterocycles. The number of sulfone groups is 1. The minimum Gasteiger partial charge on any atom is -0.312 e. The number of para-hydroxylation sites is 1. The molecule has 1 fully saturated rings. The van der Waals surface area contributed by atoms with Gasteiger partial charge in [0, 0.05) is 41.3 Å². The molecule has 2 amide bonds. The van der Waals surface area contributed by atoms with Crippen molar-refractivity contribution in [2.45, 2.75) is 37.0 Å². The van der Waals surface area contributed by atoms with Gasteiger partial charge in [-0.15, -0.1) is 0 Å². The molecule has 1 saturated carbocycles. The Labute approximate surface area is 190 Å². The summed E-state index contributed by atoms with van der Waals surface area (Å²) in [7, 11) is -3.70. The van der Waals surface area contributed by atoms with Crippen LogP contribution in [0, 0.1) is 5.92 Å². The zero-order valence-electron chi connectivity index (χ0n) is 17.0. The fourth-order valence-electron chi connectivity index (χ4n) is 4.47. The number of carbonyl (C=O) groups excluding carboxylic acids is 2. The van der Waals surface area contributed by atoms with Crippen LogP contribution in [0.4, 0.5) is 11.4 Å². The van der Waals surface area contributed by atoms with Crippen LogP contribution in [0.25, 0.3) is 0 Å². The van der Waals surface area contributed by atoms with E-state index in [0.29, 0.717) is 23.2 Å². The first-order chi connectivity index (χ1) is 14.8. The number of halogens is 1. The lowest BCUT2D eigenvalue weighted by Crippen LogP contribution is -2.31. The van der Waals surface area contributed by atoms with Crippen molar-refractivity contribution in [3.05, 3.63) is 52.0 Å². The van der Waals surface area contributed by atoms with Gasteiger partial charge in [0.1, 0.15) is 0 Å². The molecule has 2 heterocycles. The van der Waals surface area contributed by atoms with Crippen molar-refractivity contribution in [1.82, 2.24) is 0 Å². The van der Waals surface area contributed by atoms with E-state index in [9.17, 15) is 18.0 Å². The molecule has 0 saturated heterocycles. The third-order valence-electron chi connectivity index (χ3n) is 6.33. The Morgan fingerprint density at radius 1 is 0.968 bits per heavy atom. The first-order valence-electron chi connectivity index (χ1n) is 10.6. The predicted molar refractivity (Wildman–Crippen MR) is 122 cm³/mol. The van der Waals surface area contributed by atoms with Crippen molar-refractivity contribution in [2.75, 3.05) is 28.6 Å². The van der Waals surface area contributed by atoms with E-state index in [1.54, 1.807) is 21.9 Å². The maximum Gasteiger partial charge on any atom is 0.230 e. The summed E-state index contributed by atoms with van der Waals surface area (Å²) in [4.78, 5) is 28.9. The van der Waals surface area contributed by atoms with Crippen molar-refractivity contribution >= 4 is 49.0 Å². The first-order valence-corrected chi connectivity index (χ1v) is 13.0. The molecule has 0 radical (unpaired) electrons. The number of hydrogen-bond donors (Lipinski definition) is 0. The van der Waals surface area contributed by atoms with Crippen LogP contribution in [0.3, 0.4) is 0 Å². The van der Waals surface area contributed by atoms with Crippen LogP contribution in [-0.2, 0) is 32.3 Å². The van der Waals surface area contributed by atoms with Gasteiger partial charge in [-0.25, -0.2) is 8.42 Å². The molecule has 0 aromatic heterocycles. The Morgan fingerprint density at radius 3 is 2.45 bits per heavy atom. The number of anilines is 2. The van der Waals surface area contributed by atoms with E-state index in [2.05, 4.69) is 15.9 Å². The number of hydrogen-bond acceptors (Lipinski definition) is 4. The molecule has 5 rings (SSSR count). The van der Waals surface area contributed by atoms with Crippen LogP contribution in [0.1, 0.15) is 30.4 Å². The average Bonchev–Trinajstić information content (AvgIpc) is 3.39. The summed E-state index contributed by atoms with van der Waals surface area (Å²) in [5, 5.41) is 0. The second-order valence-electron chi connectivity index (χ2n) is 8.42. The van der Waals surface area contributed by atoms with Crippen molar-refractivity contribution in [2.24, 2.45) is 5.92 Å². The van der Waals surface area contributed by atoms with Gasteiger partial charge in [-0.05, 0) is 70.9 Å². The molecular weight excluding hydrogens is 480 g/mol. The van der Waals surface area contributed by atoms with Crippen molar-refractivity contribution in [3.8, 4) is 0 Å². The monoisotopic (exact) mass is 502 g/mol. The molecule has 8 heteroatoms. The molecule has 162 valence electrons. The van der Waals surface area contributed by atoms with Crippen LogP contribution in [0.5, 0.6) is 0 Å². The molecule has 2 aromatic carbocycles. The smallest absolute Gasteiger partial charge is 0.230 e. The van der Waals surface area contributed by atoms with Crippen molar-refractivity contribution in [1.29, 1.82) is 0 Å². The number of amides is 2. The Bertz CT molecular complexity index is 1190. The molecule has 0 unspecified atom stereocenters. The molecule has 2 aromatic rings. The van der Waals surface area contributed by atoms with Gasteiger partial charge in [-0.2, -0.15) is 0 Å². The van der Waals surface area contributed by atoms with E-state index in [1.165, 1.54) is 0 Å². The highest BCUT2D eigenvalue weighted by Crippen LogP contribution is 2.40. The largest absolute Gasteiger partial charge is 0.312 e. The Balaban J connectivity index is 1.35. The zero-order valence-corrected chi connectivity index (χ0v) is 19.4. The van der Waals surface area contributed by atoms with Gasteiger partial charge in [0.25, 0.3) is 0 Å². The molecule has 0 atom stereocenters. The number of fused-ring (bicyclic) bond motifs is 2. The summed E-state index contributed by atoms with van der Waals surface area (Å²) in [5.74, 6) is -0.280. The fourth-order valence-corrected chi connectivity index (χ4v) is 6.91. The van der Waals surface area contributed by atoms with Gasteiger partial charge in [0.2, 0.25) is 11.8 Å². The van der Waals surface area contributed by atoms with E-state index >= 15 is 0 Å². The zero-order chi connectivity index (χ0) is 21.8. The normalized spacial score (nSPS) is 17.6. The lowest BCUT2D eigenvalue weighted by molar-refractivity contribution is -0.120. The molecule has 3 aliphatic rings. The van der Waals surface area contributed by atoms with Crippen LogP contribution in [-0.4, -0.2) is 39.1 Å². The molecule has 0 spiro atoms. The molecule has 31 heavy (non-hydrogen) atoms. The first kappa shape index (κ1) is 20.7. The second kappa shape index (κ2) is 7.74. The van der Waals surface area contributed by atoms with Crippen LogP contribution in [0.2, 0.25) is 0 Å². The van der Waals surface area contributed by atoms with Gasteiger partial charge in [-0.3, -0.25) is 9.59 Å². The summed E-state index contributed by atoms with van der Waals surface area (Å²) in [6, 6.07) is 11.1. The summed E-state index contributed by atoms with van der Waals surface area (Å²) in [5.41, 5.74) is 3.65. The topological polar surface area (TPSA) is 74.8 Å². The fraction of sp³-hybridized carbons (Fsp3) is 0.391. The minimum absolute atomic E-state index is 0.0785. The highest BCUT2D eigenvalue weighted by atomic mass is 79.9. The van der Waals surface area contributed by atoms with Crippen LogP contribution < -0.4 is 9.80 Å². The molecule has 6 nitrogen and oxygen atoms in total. The number of carbonyl (C=O) groups is 2. The number of benzene rings is 2. The lowest BCUT2D eigenvalue weighted by Gasteiger charge is -2.19. The Kier molecular flexibility index (Phi) is 5.17. The van der Waals surface area contributed by atoms with Gasteiger partial charge >= 0.3 is 0 Å². The standard InChI is InChI=1S/C23H23BrN2O4S/c24-18-13-17-8-11-26(23(28)16-5-6-16)20(17)14-21(18)31(29,30)12-9-22(27)25-10-7-15-3-1-2-4-19(15)25/h1-4,13-14,16H,5-12H2. The summed E-state index contributed by atoms with van der Waals surface area (Å²) >= 11 is 3.40. The summed E-state index contributed by atoms with van der Waals surface area (Å²) in [6.07, 6.45) is 3.25. The van der Waals surface area contributed by atoms with Crippen LogP contribution in [0.15, 0.2) is 45.8 Å². The van der Waals surface area contributed by atoms with Gasteiger partial charge < -0.3 is 9.80 Å². The Hall–Kier alpha value is -2.19. The second-order valence-corrected chi connectivity index (χ2v) is 11.4. The maximum atomic E-state index is 13.1. The van der Waals surface area contributed by atoms with E-state index in [0.717, 1.165) is 42.5 Å². The number of rotatable bonds is 5. The average molecular weight is 503 g/mol. The van der Waals surface area contributed by atoms with Crippen LogP contribution >= 0.6 is 15.9 Å². The quantitative estimate of drug-likeness (QED) is 0.626. The lowest BCUT2D eigenvalue weighted by atomic mass is 10.2. The molecular formula is C23H23BrN2O4S. The van der Waals surface area contributed by atoms with E-state index in [1.807, 2.05) is 24.3 Å². The third kappa shape index (κ3) is 3.80. The number of nitrogens with zero attached hydrogens (tertiary/aromatic N) is 2. The molecule has 0 bridgehead atoms. The van der Waals surface area contributed by atoms with E-state index < -0.39 is 9.84 Å². The maximum absolute atomic E-state index is 13.1. The summed E-state index contributed by atoms with van der Waals surface area (Å²) < 4.78 is 26.8. The summed E-state index contributed by atoms with van der Waals surface area (Å²) in [6.45, 7) is 1.17. The predicted octanol–water partition coefficient (Wildman–Crippen LogP) is 3.50. The Morgan fingerprint density at radius 2 is 1.68 bits per heavy atom. The van der Waals surface area contributed by atoms with E-state index in [-0.39, 0.29) is 34.8 Å². The van der Waals surface area contributed by atoms with Crippen molar-refractivity contribution in [3.63, 3.8) is 0 Å². The third-order valence-corrected chi connectivity index (χ3v) is 9.00. The molecule has 1 aliphatic carbocycles. The van der Waals surface area contributed by atoms with Gasteiger partial charge in [-0.1, -0.05) is 18.2 Å². The van der Waals surface area contributed by atoms with Crippen molar-refractivity contribution < 1.29 is 18.0 Å². The minimum atomic E-state index is -3.70. The SMILES string of the molecule is O=C(CCS(=O)(=O)c1cc2c(cc1Br)CCN2C(=O)C1CC1)N1CCc2ccccc21. The highest BCUT2D eigenvalue weighted by molar-refractivity contribution is 9.10. The molecule has 0 N–H and O–H groups in total. The van der Waals surface area contributed by atoms with Gasteiger partial charge in [0.05, 0.1) is 10.6 Å².